The predicted octanol–water partition coefficient (Wildman–Crippen LogP) is 7.21. The van der Waals surface area contributed by atoms with Crippen molar-refractivity contribution in [2.45, 2.75) is 25.6 Å². The molecule has 0 spiro atoms. The molecule has 0 atom stereocenters. The number of imidazole rings is 1. The Morgan fingerprint density at radius 3 is 2.29 bits per heavy atom. The van der Waals surface area contributed by atoms with Crippen LogP contribution >= 0.6 is 35.3 Å². The van der Waals surface area contributed by atoms with Crippen molar-refractivity contribution in [3.05, 3.63) is 105 Å². The molecule has 38 heavy (non-hydrogen) atoms. The summed E-state index contributed by atoms with van der Waals surface area (Å²) < 4.78 is 45.4. The lowest BCUT2D eigenvalue weighted by molar-refractivity contribution is -0.137. The molecule has 0 unspecified atom stereocenters. The molecule has 0 radical (unpaired) electrons. The highest BCUT2D eigenvalue weighted by Crippen LogP contribution is 2.32. The van der Waals surface area contributed by atoms with E-state index in [4.69, 9.17) is 28.2 Å². The van der Waals surface area contributed by atoms with Crippen LogP contribution in [0.1, 0.15) is 22.5 Å². The Hall–Kier alpha value is -3.14. The number of halogens is 5. The lowest BCUT2D eigenvalue weighted by Gasteiger charge is -2.14. The number of benzene rings is 3. The predicted molar refractivity (Wildman–Crippen MR) is 145 cm³/mol. The van der Waals surface area contributed by atoms with Gasteiger partial charge in [-0.15, -0.1) is 0 Å². The van der Waals surface area contributed by atoms with Crippen LogP contribution in [0.15, 0.2) is 72.9 Å². The zero-order valence-corrected chi connectivity index (χ0v) is 22.1. The standard InChI is InChI=1S/C27H21Cl2F3N4OS/c28-20-8-11-22(23(29)13-20)24-15-35(14-18-3-9-21(10-4-18)36-16-26(37)34-38-36)25(33-24)12-5-17-1-6-19(7-2-17)27(30,31)32/h1-4,6-11,13,15H,5,12,14,16H2,(H,34,37). The molecule has 1 fully saturated rings. The number of carbonyl (C=O) groups excluding carboxylic acids is 1. The van der Waals surface area contributed by atoms with E-state index in [9.17, 15) is 18.0 Å². The third kappa shape index (κ3) is 6.11. The molecule has 1 aliphatic rings. The minimum atomic E-state index is -4.36. The zero-order valence-electron chi connectivity index (χ0n) is 19.8. The van der Waals surface area contributed by atoms with Gasteiger partial charge in [-0.2, -0.15) is 13.2 Å². The van der Waals surface area contributed by atoms with Crippen molar-refractivity contribution in [2.24, 2.45) is 0 Å². The van der Waals surface area contributed by atoms with Gasteiger partial charge in [0.2, 0.25) is 0 Å². The van der Waals surface area contributed by atoms with Gasteiger partial charge in [0.25, 0.3) is 5.91 Å². The molecule has 1 aromatic heterocycles. The van der Waals surface area contributed by atoms with Crippen molar-refractivity contribution in [3.63, 3.8) is 0 Å². The summed E-state index contributed by atoms with van der Waals surface area (Å²) in [7, 11) is 0. The van der Waals surface area contributed by atoms with Gasteiger partial charge in [-0.25, -0.2) is 4.98 Å². The molecule has 1 amide bonds. The van der Waals surface area contributed by atoms with E-state index in [1.807, 2.05) is 45.4 Å². The van der Waals surface area contributed by atoms with E-state index in [-0.39, 0.29) is 5.91 Å². The number of rotatable bonds is 7. The van der Waals surface area contributed by atoms with Gasteiger partial charge < -0.3 is 4.57 Å². The Bertz CT molecular complexity index is 1460. The van der Waals surface area contributed by atoms with Gasteiger partial charge in [-0.3, -0.25) is 13.8 Å². The average Bonchev–Trinajstić information content (AvgIpc) is 3.49. The maximum Gasteiger partial charge on any atom is 0.416 e. The maximum absolute atomic E-state index is 12.9. The smallest absolute Gasteiger partial charge is 0.330 e. The molecule has 3 aromatic carbocycles. The molecule has 5 rings (SSSR count). The average molecular weight is 577 g/mol. The highest BCUT2D eigenvalue weighted by molar-refractivity contribution is 7.99. The number of hydrogen-bond donors (Lipinski definition) is 1. The molecule has 11 heteroatoms. The van der Waals surface area contributed by atoms with Gasteiger partial charge in [-0.05, 0) is 60.0 Å². The van der Waals surface area contributed by atoms with Crippen molar-refractivity contribution in [1.82, 2.24) is 14.3 Å². The number of aryl methyl sites for hydroxylation is 2. The van der Waals surface area contributed by atoms with Crippen molar-refractivity contribution < 1.29 is 18.0 Å². The SMILES string of the molecule is O=C1CN(c2ccc(Cn3cc(-c4ccc(Cl)cc4Cl)nc3CCc3ccc(C(F)(F)F)cc3)cc2)SN1. The van der Waals surface area contributed by atoms with Crippen molar-refractivity contribution in [3.8, 4) is 11.3 Å². The van der Waals surface area contributed by atoms with E-state index in [0.717, 1.165) is 40.3 Å². The first-order valence-corrected chi connectivity index (χ1v) is 13.2. The number of aromatic nitrogens is 2. The Morgan fingerprint density at radius 1 is 0.947 bits per heavy atom. The summed E-state index contributed by atoms with van der Waals surface area (Å²) in [5.74, 6) is 0.739. The Balaban J connectivity index is 1.39. The fraction of sp³-hybridized carbons (Fsp3) is 0.185. The first-order chi connectivity index (χ1) is 18.2. The van der Waals surface area contributed by atoms with Crippen LogP contribution < -0.4 is 9.03 Å². The van der Waals surface area contributed by atoms with Gasteiger partial charge in [0.1, 0.15) is 12.4 Å². The number of alkyl halides is 3. The molecule has 5 nitrogen and oxygen atoms in total. The van der Waals surface area contributed by atoms with Gasteiger partial charge in [0.15, 0.2) is 0 Å². The number of amides is 1. The van der Waals surface area contributed by atoms with Crippen LogP contribution in [-0.2, 0) is 30.4 Å². The molecule has 1 aliphatic heterocycles. The van der Waals surface area contributed by atoms with E-state index in [1.54, 1.807) is 12.1 Å². The second-order valence-corrected chi connectivity index (χ2v) is 10.5. The third-order valence-electron chi connectivity index (χ3n) is 6.12. The van der Waals surface area contributed by atoms with Gasteiger partial charge in [0, 0.05) is 35.4 Å². The topological polar surface area (TPSA) is 50.2 Å². The highest BCUT2D eigenvalue weighted by atomic mass is 35.5. The molecule has 0 aliphatic carbocycles. The van der Waals surface area contributed by atoms with Gasteiger partial charge in [0.05, 0.1) is 28.4 Å². The number of nitrogens with zero attached hydrogens (tertiary/aromatic N) is 3. The maximum atomic E-state index is 12.9. The second kappa shape index (κ2) is 10.9. The first-order valence-electron chi connectivity index (χ1n) is 11.7. The van der Waals surface area contributed by atoms with Crippen molar-refractivity contribution >= 4 is 46.9 Å². The Morgan fingerprint density at radius 2 is 1.66 bits per heavy atom. The highest BCUT2D eigenvalue weighted by Gasteiger charge is 2.30. The van der Waals surface area contributed by atoms with E-state index in [0.29, 0.717) is 41.7 Å². The van der Waals surface area contributed by atoms with Crippen LogP contribution in [0.5, 0.6) is 0 Å². The molecule has 2 heterocycles. The number of carbonyl (C=O) groups is 1. The first kappa shape index (κ1) is 26.5. The molecule has 0 saturated carbocycles. The van der Waals surface area contributed by atoms with E-state index in [1.165, 1.54) is 24.3 Å². The fourth-order valence-electron chi connectivity index (χ4n) is 4.14. The van der Waals surface area contributed by atoms with E-state index >= 15 is 0 Å². The quantitative estimate of drug-likeness (QED) is 0.236. The van der Waals surface area contributed by atoms with Crippen LogP contribution in [0.3, 0.4) is 0 Å². The fourth-order valence-corrected chi connectivity index (χ4v) is 5.33. The normalized spacial score (nSPS) is 13.7. The molecular formula is C27H21Cl2F3N4OS. The lowest BCUT2D eigenvalue weighted by atomic mass is 10.1. The van der Waals surface area contributed by atoms with Crippen molar-refractivity contribution in [2.75, 3.05) is 10.8 Å². The summed E-state index contributed by atoms with van der Waals surface area (Å²) in [4.78, 5) is 16.3. The van der Waals surface area contributed by atoms with Crippen LogP contribution in [0.2, 0.25) is 10.0 Å². The molecule has 0 bridgehead atoms. The molecule has 1 N–H and O–H groups in total. The van der Waals surface area contributed by atoms with Crippen LogP contribution in [0, 0.1) is 0 Å². The van der Waals surface area contributed by atoms with Crippen molar-refractivity contribution in [1.29, 1.82) is 0 Å². The van der Waals surface area contributed by atoms with E-state index < -0.39 is 11.7 Å². The molecular weight excluding hydrogens is 556 g/mol. The Labute approximate surface area is 231 Å². The van der Waals surface area contributed by atoms with E-state index in [2.05, 4.69) is 4.72 Å². The van der Waals surface area contributed by atoms with Crippen LogP contribution in [0.25, 0.3) is 11.3 Å². The monoisotopic (exact) mass is 576 g/mol. The lowest BCUT2D eigenvalue weighted by Crippen LogP contribution is -2.15. The minimum absolute atomic E-state index is 0.0384. The number of hydrogen-bond acceptors (Lipinski definition) is 4. The molecule has 4 aromatic rings. The number of nitrogens with one attached hydrogen (secondary N) is 1. The van der Waals surface area contributed by atoms with Gasteiger partial charge >= 0.3 is 6.18 Å². The Kier molecular flexibility index (Phi) is 7.61. The zero-order chi connectivity index (χ0) is 26.9. The minimum Gasteiger partial charge on any atom is -0.330 e. The summed E-state index contributed by atoms with van der Waals surface area (Å²) in [6, 6.07) is 18.3. The summed E-state index contributed by atoms with van der Waals surface area (Å²) >= 11 is 13.8. The summed E-state index contributed by atoms with van der Waals surface area (Å²) in [5, 5.41) is 1.00. The van der Waals surface area contributed by atoms with Gasteiger partial charge in [-0.1, -0.05) is 47.5 Å². The largest absolute Gasteiger partial charge is 0.416 e. The number of anilines is 1. The third-order valence-corrected chi connectivity index (χ3v) is 7.55. The molecule has 1 saturated heterocycles. The summed E-state index contributed by atoms with van der Waals surface area (Å²) in [5.41, 5.74) is 3.48. The second-order valence-electron chi connectivity index (χ2n) is 8.81. The van der Waals surface area contributed by atoms with Crippen LogP contribution in [0.4, 0.5) is 18.9 Å². The van der Waals surface area contributed by atoms with Crippen LogP contribution in [-0.4, -0.2) is 22.0 Å². The summed E-state index contributed by atoms with van der Waals surface area (Å²) in [6.07, 6.45) is -1.40. The molecule has 196 valence electrons. The summed E-state index contributed by atoms with van der Waals surface area (Å²) in [6.45, 7) is 0.829.